The van der Waals surface area contributed by atoms with Crippen molar-refractivity contribution in [3.8, 4) is 33.9 Å². The van der Waals surface area contributed by atoms with E-state index in [1.807, 2.05) is 24.3 Å². The number of halogens is 1. The molecule has 0 aliphatic heterocycles. The third-order valence-corrected chi connectivity index (χ3v) is 6.87. The zero-order valence-corrected chi connectivity index (χ0v) is 19.9. The van der Waals surface area contributed by atoms with E-state index in [9.17, 15) is 4.79 Å². The summed E-state index contributed by atoms with van der Waals surface area (Å²) < 4.78 is 16.0. The highest BCUT2D eigenvalue weighted by molar-refractivity contribution is 5.97. The molecule has 1 aliphatic carbocycles. The van der Waals surface area contributed by atoms with Gasteiger partial charge in [-0.1, -0.05) is 12.5 Å². The lowest BCUT2D eigenvalue weighted by Gasteiger charge is -2.24. The van der Waals surface area contributed by atoms with E-state index in [2.05, 4.69) is 40.4 Å². The number of rotatable bonds is 5. The zero-order chi connectivity index (χ0) is 25.6. The topological polar surface area (TPSA) is 138 Å². The number of hydrogen-bond donors (Lipinski definition) is 3. The maximum atomic E-state index is 16.0. The van der Waals surface area contributed by atoms with Crippen LogP contribution >= 0.6 is 0 Å². The number of carbonyl (C=O) groups excluding carboxylic acids is 1. The Kier molecular flexibility index (Phi) is 5.13. The number of pyridine rings is 4. The van der Waals surface area contributed by atoms with Crippen LogP contribution in [0, 0.1) is 11.7 Å². The van der Waals surface area contributed by atoms with E-state index < -0.39 is 5.82 Å². The molecule has 10 nitrogen and oxygen atoms in total. The number of carbonyl (C=O) groups is 1. The molecule has 0 aromatic carbocycles. The summed E-state index contributed by atoms with van der Waals surface area (Å²) in [5.41, 5.74) is 4.46. The smallest absolute Gasteiger partial charge is 0.227 e. The van der Waals surface area contributed by atoms with Gasteiger partial charge in [-0.25, -0.2) is 19.3 Å². The summed E-state index contributed by atoms with van der Waals surface area (Å²) in [5, 5.41) is 10.2. The summed E-state index contributed by atoms with van der Waals surface area (Å²) in [6.45, 7) is 0. The van der Waals surface area contributed by atoms with E-state index in [0.29, 0.717) is 28.2 Å². The summed E-state index contributed by atoms with van der Waals surface area (Å²) in [5.74, 6) is -0.190. The fourth-order valence-corrected chi connectivity index (χ4v) is 4.65. The van der Waals surface area contributed by atoms with Crippen LogP contribution in [0.4, 0.5) is 10.1 Å². The second-order valence-electron chi connectivity index (χ2n) is 9.22. The predicted octanol–water partition coefficient (Wildman–Crippen LogP) is 4.90. The van der Waals surface area contributed by atoms with E-state index in [4.69, 9.17) is 4.98 Å². The first-order valence-corrected chi connectivity index (χ1v) is 12.2. The van der Waals surface area contributed by atoms with E-state index in [1.54, 1.807) is 24.7 Å². The van der Waals surface area contributed by atoms with Gasteiger partial charge in [0.15, 0.2) is 17.1 Å². The SMILES string of the molecule is O=C(Nc1cncc(-c2cnc3[nH]nc(-c4nc5c(-c6ccccn6)ccnc5[nH]4)c3c2F)c1)C1CCC1. The maximum Gasteiger partial charge on any atom is 0.227 e. The molecule has 0 atom stereocenters. The largest absolute Gasteiger partial charge is 0.324 e. The Bertz CT molecular complexity index is 1830. The Hall–Kier alpha value is -5.06. The van der Waals surface area contributed by atoms with Gasteiger partial charge in [-0.2, -0.15) is 5.10 Å². The first-order valence-electron chi connectivity index (χ1n) is 12.2. The molecule has 0 spiro atoms. The number of anilines is 1. The number of amides is 1. The summed E-state index contributed by atoms with van der Waals surface area (Å²) in [7, 11) is 0. The predicted molar refractivity (Wildman–Crippen MR) is 139 cm³/mol. The Morgan fingerprint density at radius 2 is 1.92 bits per heavy atom. The van der Waals surface area contributed by atoms with Gasteiger partial charge in [-0.05, 0) is 37.1 Å². The molecule has 7 rings (SSSR count). The van der Waals surface area contributed by atoms with Gasteiger partial charge < -0.3 is 10.3 Å². The van der Waals surface area contributed by atoms with Gasteiger partial charge in [0.1, 0.15) is 17.0 Å². The number of aromatic amines is 2. The number of aromatic nitrogens is 8. The van der Waals surface area contributed by atoms with Gasteiger partial charge in [-0.3, -0.25) is 19.9 Å². The van der Waals surface area contributed by atoms with Crippen molar-refractivity contribution < 1.29 is 9.18 Å². The van der Waals surface area contributed by atoms with Gasteiger partial charge >= 0.3 is 0 Å². The molecule has 0 radical (unpaired) electrons. The van der Waals surface area contributed by atoms with Crippen molar-refractivity contribution >= 4 is 33.8 Å². The minimum absolute atomic E-state index is 0.0263. The number of nitrogens with one attached hydrogen (secondary N) is 3. The first kappa shape index (κ1) is 22.2. The molecule has 3 N–H and O–H groups in total. The van der Waals surface area contributed by atoms with Crippen molar-refractivity contribution in [1.82, 2.24) is 40.1 Å². The Labute approximate surface area is 214 Å². The maximum absolute atomic E-state index is 16.0. The average molecular weight is 506 g/mol. The number of hydrogen-bond acceptors (Lipinski definition) is 7. The van der Waals surface area contributed by atoms with E-state index in [-0.39, 0.29) is 34.1 Å². The molecule has 1 fully saturated rings. The first-order chi connectivity index (χ1) is 18.7. The van der Waals surface area contributed by atoms with Crippen LogP contribution in [0.5, 0.6) is 0 Å². The fourth-order valence-electron chi connectivity index (χ4n) is 4.65. The van der Waals surface area contributed by atoms with E-state index in [1.165, 1.54) is 12.4 Å². The van der Waals surface area contributed by atoms with Crippen LogP contribution in [0.15, 0.2) is 61.3 Å². The number of nitrogens with zero attached hydrogens (tertiary/aromatic N) is 6. The molecule has 0 saturated heterocycles. The Morgan fingerprint density at radius 3 is 2.74 bits per heavy atom. The molecule has 6 aromatic rings. The molecule has 38 heavy (non-hydrogen) atoms. The van der Waals surface area contributed by atoms with Crippen molar-refractivity contribution in [1.29, 1.82) is 0 Å². The quantitative estimate of drug-likeness (QED) is 0.303. The molecule has 1 aliphatic rings. The fraction of sp³-hybridized carbons (Fsp3) is 0.148. The number of H-pyrrole nitrogens is 2. The lowest BCUT2D eigenvalue weighted by Crippen LogP contribution is -2.28. The zero-order valence-electron chi connectivity index (χ0n) is 19.9. The highest BCUT2D eigenvalue weighted by Gasteiger charge is 2.26. The summed E-state index contributed by atoms with van der Waals surface area (Å²) in [4.78, 5) is 37.6. The third kappa shape index (κ3) is 3.67. The molecule has 186 valence electrons. The summed E-state index contributed by atoms with van der Waals surface area (Å²) in [6.07, 6.45) is 10.7. The molecule has 6 heterocycles. The van der Waals surface area contributed by atoms with Gasteiger partial charge in [0, 0.05) is 47.4 Å². The van der Waals surface area contributed by atoms with Crippen molar-refractivity contribution in [3.05, 3.63) is 67.1 Å². The Balaban J connectivity index is 1.30. The van der Waals surface area contributed by atoms with Crippen LogP contribution in [0.2, 0.25) is 0 Å². The lowest BCUT2D eigenvalue weighted by atomic mass is 9.85. The van der Waals surface area contributed by atoms with Gasteiger partial charge in [-0.15, -0.1) is 0 Å². The number of imidazole rings is 1. The molecule has 0 bridgehead atoms. The Morgan fingerprint density at radius 1 is 1.00 bits per heavy atom. The molecule has 6 aromatic heterocycles. The van der Waals surface area contributed by atoms with Crippen molar-refractivity contribution in [2.75, 3.05) is 5.32 Å². The van der Waals surface area contributed by atoms with E-state index in [0.717, 1.165) is 30.5 Å². The van der Waals surface area contributed by atoms with Crippen LogP contribution in [0.25, 0.3) is 56.1 Å². The van der Waals surface area contributed by atoms with Gasteiger partial charge in [0.05, 0.1) is 23.0 Å². The van der Waals surface area contributed by atoms with Crippen LogP contribution in [-0.2, 0) is 4.79 Å². The van der Waals surface area contributed by atoms with Crippen molar-refractivity contribution in [2.24, 2.45) is 5.92 Å². The van der Waals surface area contributed by atoms with Crippen LogP contribution in [0.3, 0.4) is 0 Å². The lowest BCUT2D eigenvalue weighted by molar-refractivity contribution is -0.122. The second-order valence-corrected chi connectivity index (χ2v) is 9.22. The van der Waals surface area contributed by atoms with Gasteiger partial charge in [0.25, 0.3) is 0 Å². The molecule has 1 saturated carbocycles. The van der Waals surface area contributed by atoms with E-state index >= 15 is 4.39 Å². The standard InChI is InChI=1S/C27H20FN9O/c28-21-18(15-10-16(12-29-11-15)33-27(38)14-4-3-5-14)13-32-24-20(21)23(36-37-24)26-34-22-17(7-9-31-25(22)35-26)19-6-1-2-8-30-19/h1-2,6-14H,3-5H2,(H,33,38)(H,31,34,35)(H,32,36,37). The minimum atomic E-state index is -0.526. The highest BCUT2D eigenvalue weighted by atomic mass is 19.1. The molecule has 11 heteroatoms. The van der Waals surface area contributed by atoms with Crippen LogP contribution in [-0.4, -0.2) is 46.0 Å². The molecule has 0 unspecified atom stereocenters. The van der Waals surface area contributed by atoms with Crippen LogP contribution < -0.4 is 5.32 Å². The second kappa shape index (κ2) is 8.80. The normalized spacial score (nSPS) is 13.6. The molecular formula is C27H20FN9O. The average Bonchev–Trinajstić information content (AvgIpc) is 3.53. The van der Waals surface area contributed by atoms with Crippen molar-refractivity contribution in [2.45, 2.75) is 19.3 Å². The number of fused-ring (bicyclic) bond motifs is 2. The molecular weight excluding hydrogens is 485 g/mol. The van der Waals surface area contributed by atoms with Gasteiger partial charge in [0.2, 0.25) is 5.91 Å². The highest BCUT2D eigenvalue weighted by Crippen LogP contribution is 2.34. The van der Waals surface area contributed by atoms with Crippen LogP contribution in [0.1, 0.15) is 19.3 Å². The van der Waals surface area contributed by atoms with Crippen molar-refractivity contribution in [3.63, 3.8) is 0 Å². The minimum Gasteiger partial charge on any atom is -0.324 e. The third-order valence-electron chi connectivity index (χ3n) is 6.87. The summed E-state index contributed by atoms with van der Waals surface area (Å²) in [6, 6.07) is 9.16. The monoisotopic (exact) mass is 505 g/mol. The molecule has 1 amide bonds. The summed E-state index contributed by atoms with van der Waals surface area (Å²) >= 11 is 0.